The molecule has 5 heteroatoms. The van der Waals surface area contributed by atoms with Gasteiger partial charge in [-0.05, 0) is 0 Å². The number of hydrogen-bond acceptors (Lipinski definition) is 3. The predicted molar refractivity (Wildman–Crippen MR) is 41.5 cm³/mol. The van der Waals surface area contributed by atoms with E-state index in [1.54, 1.807) is 0 Å². The summed E-state index contributed by atoms with van der Waals surface area (Å²) in [6.07, 6.45) is 1.35. The molecule has 0 radical (unpaired) electrons. The lowest BCUT2D eigenvalue weighted by Crippen LogP contribution is -1.99. The summed E-state index contributed by atoms with van der Waals surface area (Å²) in [5.41, 5.74) is 5.47. The lowest BCUT2D eigenvalue weighted by atomic mass is 10.2. The molecular weight excluding hydrogens is 158 g/mol. The molecule has 62 valence electrons. The van der Waals surface area contributed by atoms with Crippen LogP contribution in [0.25, 0.3) is 0 Å². The van der Waals surface area contributed by atoms with E-state index >= 15 is 0 Å². The first kappa shape index (κ1) is 8.30. The monoisotopic (exact) mass is 165 g/mol. The van der Waals surface area contributed by atoms with Crippen LogP contribution in [0.4, 0.5) is 0 Å². The third-order valence-electron chi connectivity index (χ3n) is 1.18. The van der Waals surface area contributed by atoms with Gasteiger partial charge < -0.3 is 10.8 Å². The van der Waals surface area contributed by atoms with E-state index in [4.69, 9.17) is 10.8 Å². The first-order valence-electron chi connectivity index (χ1n) is 3.21. The van der Waals surface area contributed by atoms with Crippen LogP contribution in [0.5, 0.6) is 0 Å². The molecule has 0 aliphatic carbocycles. The predicted octanol–water partition coefficient (Wildman–Crippen LogP) is -0.582. The fourth-order valence-corrected chi connectivity index (χ4v) is 0.690. The molecule has 0 saturated carbocycles. The number of nitrogens with zero attached hydrogens (tertiary/aromatic N) is 1. The molecular formula is C7H7N3O2. The van der Waals surface area contributed by atoms with Crippen LogP contribution < -0.4 is 5.73 Å². The molecule has 0 aliphatic rings. The quantitative estimate of drug-likeness (QED) is 0.485. The highest BCUT2D eigenvalue weighted by atomic mass is 16.4. The molecule has 0 saturated heterocycles. The van der Waals surface area contributed by atoms with Crippen LogP contribution in [-0.2, 0) is 0 Å². The summed E-state index contributed by atoms with van der Waals surface area (Å²) < 4.78 is 0. The maximum Gasteiger partial charge on any atom is 0.355 e. The third kappa shape index (κ3) is 1.62. The lowest BCUT2D eigenvalue weighted by molar-refractivity contribution is 0.0690. The number of aromatic amines is 1. The van der Waals surface area contributed by atoms with Gasteiger partial charge in [0, 0.05) is 0 Å². The van der Waals surface area contributed by atoms with E-state index in [1.807, 2.05) is 0 Å². The van der Waals surface area contributed by atoms with Crippen molar-refractivity contribution in [2.24, 2.45) is 5.73 Å². The van der Waals surface area contributed by atoms with E-state index in [-0.39, 0.29) is 12.2 Å². The number of aromatic nitrogens is 2. The molecule has 4 N–H and O–H groups in total. The largest absolute Gasteiger partial charge is 0.476 e. The van der Waals surface area contributed by atoms with Crippen LogP contribution >= 0.6 is 0 Å². The molecule has 0 atom stereocenters. The molecule has 1 aromatic heterocycles. The highest BCUT2D eigenvalue weighted by Gasteiger charge is 2.09. The van der Waals surface area contributed by atoms with Gasteiger partial charge in [0.2, 0.25) is 0 Å². The van der Waals surface area contributed by atoms with Gasteiger partial charge in [-0.25, -0.2) is 4.79 Å². The molecule has 0 fully saturated rings. The molecule has 1 heterocycles. The minimum Gasteiger partial charge on any atom is -0.476 e. The van der Waals surface area contributed by atoms with Gasteiger partial charge >= 0.3 is 5.97 Å². The summed E-state index contributed by atoms with van der Waals surface area (Å²) in [5, 5.41) is 14.5. The summed E-state index contributed by atoms with van der Waals surface area (Å²) in [6.45, 7) is 0.199. The fraction of sp³-hybridized carbons (Fsp3) is 0.143. The summed E-state index contributed by atoms with van der Waals surface area (Å²) >= 11 is 0. The highest BCUT2D eigenvalue weighted by molar-refractivity contribution is 5.88. The van der Waals surface area contributed by atoms with Gasteiger partial charge in [-0.15, -0.1) is 0 Å². The van der Waals surface area contributed by atoms with Gasteiger partial charge in [-0.2, -0.15) is 5.10 Å². The van der Waals surface area contributed by atoms with Crippen molar-refractivity contribution in [2.75, 3.05) is 6.54 Å². The summed E-state index contributed by atoms with van der Waals surface area (Å²) in [4.78, 5) is 10.5. The average molecular weight is 165 g/mol. The molecule has 0 spiro atoms. The Morgan fingerprint density at radius 1 is 1.83 bits per heavy atom. The Bertz CT molecular complexity index is 345. The number of carboxylic acids is 1. The van der Waals surface area contributed by atoms with E-state index < -0.39 is 5.97 Å². The van der Waals surface area contributed by atoms with E-state index in [9.17, 15) is 4.79 Å². The standard InChI is InChI=1S/C7H7N3O2/c8-3-1-2-5-4-9-10-6(5)7(11)12/h4H,3,8H2,(H,9,10)(H,11,12). The smallest absolute Gasteiger partial charge is 0.355 e. The number of nitrogens with one attached hydrogen (secondary N) is 1. The van der Waals surface area contributed by atoms with Gasteiger partial charge in [-0.3, -0.25) is 5.10 Å². The topological polar surface area (TPSA) is 92.0 Å². The van der Waals surface area contributed by atoms with Crippen LogP contribution in [0.1, 0.15) is 16.1 Å². The minimum atomic E-state index is -1.08. The minimum absolute atomic E-state index is 0.00375. The number of rotatable bonds is 1. The van der Waals surface area contributed by atoms with Gasteiger partial charge in [-0.1, -0.05) is 11.8 Å². The Balaban J connectivity index is 2.99. The number of carbonyl (C=O) groups is 1. The van der Waals surface area contributed by atoms with Crippen LogP contribution in [0.2, 0.25) is 0 Å². The van der Waals surface area contributed by atoms with Crippen molar-refractivity contribution in [1.82, 2.24) is 10.2 Å². The number of hydrogen-bond donors (Lipinski definition) is 3. The van der Waals surface area contributed by atoms with E-state index in [0.717, 1.165) is 0 Å². The van der Waals surface area contributed by atoms with Gasteiger partial charge in [0.1, 0.15) is 0 Å². The zero-order valence-corrected chi connectivity index (χ0v) is 6.16. The van der Waals surface area contributed by atoms with Gasteiger partial charge in [0.25, 0.3) is 0 Å². The maximum absolute atomic E-state index is 10.5. The second-order valence-corrected chi connectivity index (χ2v) is 1.97. The second-order valence-electron chi connectivity index (χ2n) is 1.97. The van der Waals surface area contributed by atoms with Crippen molar-refractivity contribution in [3.05, 3.63) is 17.5 Å². The Morgan fingerprint density at radius 2 is 2.58 bits per heavy atom. The van der Waals surface area contributed by atoms with Gasteiger partial charge in [0.15, 0.2) is 5.69 Å². The number of carboxylic acid groups (broad SMARTS) is 1. The third-order valence-corrected chi connectivity index (χ3v) is 1.18. The second kappa shape index (κ2) is 3.55. The lowest BCUT2D eigenvalue weighted by Gasteiger charge is -1.86. The molecule has 0 bridgehead atoms. The Morgan fingerprint density at radius 3 is 3.17 bits per heavy atom. The van der Waals surface area contributed by atoms with Crippen molar-refractivity contribution in [2.45, 2.75) is 0 Å². The molecule has 0 aliphatic heterocycles. The molecule has 5 nitrogen and oxygen atoms in total. The van der Waals surface area contributed by atoms with Crippen LogP contribution in [0.15, 0.2) is 6.20 Å². The normalized spacial score (nSPS) is 8.75. The fourth-order valence-electron chi connectivity index (χ4n) is 0.690. The number of H-pyrrole nitrogens is 1. The summed E-state index contributed by atoms with van der Waals surface area (Å²) in [7, 11) is 0. The van der Waals surface area contributed by atoms with Crippen molar-refractivity contribution >= 4 is 5.97 Å². The molecule has 12 heavy (non-hydrogen) atoms. The number of nitrogens with two attached hydrogens (primary N) is 1. The Kier molecular flexibility index (Phi) is 2.46. The molecule has 1 rings (SSSR count). The van der Waals surface area contributed by atoms with Crippen molar-refractivity contribution in [1.29, 1.82) is 0 Å². The Labute approximate surface area is 68.6 Å². The first-order chi connectivity index (χ1) is 5.75. The van der Waals surface area contributed by atoms with E-state index in [0.29, 0.717) is 5.56 Å². The first-order valence-corrected chi connectivity index (χ1v) is 3.21. The van der Waals surface area contributed by atoms with Crippen LogP contribution in [-0.4, -0.2) is 27.8 Å². The van der Waals surface area contributed by atoms with Crippen LogP contribution in [0.3, 0.4) is 0 Å². The average Bonchev–Trinajstić information content (AvgIpc) is 2.48. The Hall–Kier alpha value is -1.80. The van der Waals surface area contributed by atoms with Crippen molar-refractivity contribution in [3.63, 3.8) is 0 Å². The van der Waals surface area contributed by atoms with Crippen molar-refractivity contribution in [3.8, 4) is 11.8 Å². The van der Waals surface area contributed by atoms with Gasteiger partial charge in [0.05, 0.1) is 18.3 Å². The summed E-state index contributed by atoms with van der Waals surface area (Å²) in [6, 6.07) is 0. The van der Waals surface area contributed by atoms with Crippen LogP contribution in [0, 0.1) is 11.8 Å². The molecule has 0 amide bonds. The zero-order chi connectivity index (χ0) is 8.97. The highest BCUT2D eigenvalue weighted by Crippen LogP contribution is 2.01. The number of aromatic carboxylic acids is 1. The van der Waals surface area contributed by atoms with E-state index in [1.165, 1.54) is 6.20 Å². The zero-order valence-electron chi connectivity index (χ0n) is 6.16. The van der Waals surface area contributed by atoms with Crippen molar-refractivity contribution < 1.29 is 9.90 Å². The SMILES string of the molecule is NCC#Cc1cn[nH]c1C(=O)O. The summed E-state index contributed by atoms with van der Waals surface area (Å²) in [5.74, 6) is 4.05. The maximum atomic E-state index is 10.5. The molecule has 0 aromatic carbocycles. The molecule has 0 unspecified atom stereocenters. The molecule has 1 aromatic rings. The van der Waals surface area contributed by atoms with E-state index in [2.05, 4.69) is 22.0 Å².